The van der Waals surface area contributed by atoms with Crippen molar-refractivity contribution in [1.82, 2.24) is 0 Å². The molecular formula is C16H20O4. The topological polar surface area (TPSA) is 74.6 Å². The summed E-state index contributed by atoms with van der Waals surface area (Å²) in [5.74, 6) is -1.19. The molecule has 0 amide bonds. The highest BCUT2D eigenvalue weighted by molar-refractivity contribution is 5.70. The lowest BCUT2D eigenvalue weighted by molar-refractivity contribution is -0.143. The molecule has 0 spiro atoms. The summed E-state index contributed by atoms with van der Waals surface area (Å²) in [6.45, 7) is 0. The van der Waals surface area contributed by atoms with Gasteiger partial charge in [0.1, 0.15) is 0 Å². The Hall–Kier alpha value is -1.84. The molecule has 0 saturated heterocycles. The zero-order valence-electron chi connectivity index (χ0n) is 11.4. The molecule has 2 rings (SSSR count). The van der Waals surface area contributed by atoms with Gasteiger partial charge in [0.2, 0.25) is 0 Å². The van der Waals surface area contributed by atoms with Gasteiger partial charge in [-0.2, -0.15) is 0 Å². The number of carboxylic acids is 2. The van der Waals surface area contributed by atoms with E-state index in [0.717, 1.165) is 31.2 Å². The van der Waals surface area contributed by atoms with E-state index in [1.165, 1.54) is 5.56 Å². The summed E-state index contributed by atoms with van der Waals surface area (Å²) in [6.07, 6.45) is 4.06. The van der Waals surface area contributed by atoms with Crippen molar-refractivity contribution >= 4 is 11.9 Å². The maximum Gasteiger partial charge on any atom is 0.306 e. The number of hydrogen-bond donors (Lipinski definition) is 2. The van der Waals surface area contributed by atoms with E-state index in [-0.39, 0.29) is 12.3 Å². The van der Waals surface area contributed by atoms with Crippen LogP contribution in [-0.2, 0) is 16.0 Å². The van der Waals surface area contributed by atoms with Crippen molar-refractivity contribution in [2.45, 2.75) is 44.4 Å². The molecule has 2 N–H and O–H groups in total. The lowest BCUT2D eigenvalue weighted by Crippen LogP contribution is -2.20. The molecule has 0 unspecified atom stereocenters. The van der Waals surface area contributed by atoms with Crippen LogP contribution in [0.2, 0.25) is 0 Å². The van der Waals surface area contributed by atoms with Gasteiger partial charge in [-0.1, -0.05) is 24.3 Å². The normalized spacial score (nSPS) is 22.4. The fraction of sp³-hybridized carbons (Fsp3) is 0.500. The van der Waals surface area contributed by atoms with Crippen LogP contribution in [0.5, 0.6) is 0 Å². The van der Waals surface area contributed by atoms with Crippen molar-refractivity contribution in [3.8, 4) is 0 Å². The van der Waals surface area contributed by atoms with Crippen molar-refractivity contribution < 1.29 is 19.8 Å². The first-order valence-electron chi connectivity index (χ1n) is 7.09. The van der Waals surface area contributed by atoms with Crippen LogP contribution in [0, 0.1) is 5.92 Å². The summed E-state index contributed by atoms with van der Waals surface area (Å²) < 4.78 is 0. The average Bonchev–Trinajstić information content (AvgIpc) is 2.46. The molecule has 1 aromatic rings. The Morgan fingerprint density at radius 1 is 1.00 bits per heavy atom. The van der Waals surface area contributed by atoms with Gasteiger partial charge in [0.05, 0.1) is 5.92 Å². The third kappa shape index (κ3) is 3.83. The fourth-order valence-electron chi connectivity index (χ4n) is 2.88. The molecule has 1 saturated carbocycles. The highest BCUT2D eigenvalue weighted by Gasteiger charge is 2.26. The minimum absolute atomic E-state index is 0.156. The lowest BCUT2D eigenvalue weighted by atomic mass is 9.78. The molecule has 4 heteroatoms. The SMILES string of the molecule is O=C(O)CCc1ccc(C2CCC(C(=O)O)CC2)cc1. The highest BCUT2D eigenvalue weighted by Crippen LogP contribution is 2.35. The third-order valence-electron chi connectivity index (χ3n) is 4.16. The summed E-state index contributed by atoms with van der Waals surface area (Å²) in [6, 6.07) is 8.09. The Bertz CT molecular complexity index is 470. The summed E-state index contributed by atoms with van der Waals surface area (Å²) in [4.78, 5) is 21.4. The Kier molecular flexibility index (Phi) is 4.77. The van der Waals surface area contributed by atoms with E-state index in [1.807, 2.05) is 12.1 Å². The Balaban J connectivity index is 1.90. The number of aliphatic carboxylic acids is 2. The van der Waals surface area contributed by atoms with Gasteiger partial charge in [-0.25, -0.2) is 0 Å². The Morgan fingerprint density at radius 3 is 2.10 bits per heavy atom. The molecule has 4 nitrogen and oxygen atoms in total. The van der Waals surface area contributed by atoms with Crippen LogP contribution < -0.4 is 0 Å². The first-order valence-corrected chi connectivity index (χ1v) is 7.09. The van der Waals surface area contributed by atoms with Crippen molar-refractivity contribution in [3.05, 3.63) is 35.4 Å². The van der Waals surface area contributed by atoms with E-state index in [4.69, 9.17) is 10.2 Å². The third-order valence-corrected chi connectivity index (χ3v) is 4.16. The van der Waals surface area contributed by atoms with Gasteiger partial charge in [-0.05, 0) is 49.1 Å². The maximum atomic E-state index is 10.9. The summed E-state index contributed by atoms with van der Waals surface area (Å²) in [7, 11) is 0. The van der Waals surface area contributed by atoms with Crippen LogP contribution in [0.1, 0.15) is 49.1 Å². The molecule has 0 aliphatic heterocycles. The van der Waals surface area contributed by atoms with Gasteiger partial charge in [0, 0.05) is 6.42 Å². The van der Waals surface area contributed by atoms with E-state index >= 15 is 0 Å². The van der Waals surface area contributed by atoms with Crippen molar-refractivity contribution in [2.24, 2.45) is 5.92 Å². The monoisotopic (exact) mass is 276 g/mol. The van der Waals surface area contributed by atoms with E-state index in [2.05, 4.69) is 12.1 Å². The highest BCUT2D eigenvalue weighted by atomic mass is 16.4. The second-order valence-corrected chi connectivity index (χ2v) is 5.52. The van der Waals surface area contributed by atoms with E-state index in [9.17, 15) is 9.59 Å². The zero-order chi connectivity index (χ0) is 14.5. The lowest BCUT2D eigenvalue weighted by Gasteiger charge is -2.26. The molecule has 1 fully saturated rings. The van der Waals surface area contributed by atoms with E-state index in [1.54, 1.807) is 0 Å². The largest absolute Gasteiger partial charge is 0.481 e. The smallest absolute Gasteiger partial charge is 0.306 e. The molecule has 0 radical (unpaired) electrons. The quantitative estimate of drug-likeness (QED) is 0.866. The van der Waals surface area contributed by atoms with Crippen LogP contribution in [0.3, 0.4) is 0 Å². The van der Waals surface area contributed by atoms with Crippen LogP contribution in [0.4, 0.5) is 0 Å². The minimum Gasteiger partial charge on any atom is -0.481 e. The molecule has 108 valence electrons. The van der Waals surface area contributed by atoms with Gasteiger partial charge >= 0.3 is 11.9 Å². The molecule has 0 aromatic heterocycles. The van der Waals surface area contributed by atoms with Crippen LogP contribution >= 0.6 is 0 Å². The maximum absolute atomic E-state index is 10.9. The molecule has 1 aliphatic rings. The standard InChI is InChI=1S/C16H20O4/c17-15(18)10-3-11-1-4-12(5-2-11)13-6-8-14(9-7-13)16(19)20/h1-2,4-5,13-14H,3,6-10H2,(H,17,18)(H,19,20). The fourth-order valence-corrected chi connectivity index (χ4v) is 2.88. The summed E-state index contributed by atoms with van der Waals surface area (Å²) >= 11 is 0. The van der Waals surface area contributed by atoms with Gasteiger partial charge in [-0.3, -0.25) is 9.59 Å². The van der Waals surface area contributed by atoms with Gasteiger partial charge in [0.15, 0.2) is 0 Å². The van der Waals surface area contributed by atoms with Gasteiger partial charge in [0.25, 0.3) is 0 Å². The Morgan fingerprint density at radius 2 is 1.60 bits per heavy atom. The number of carboxylic acid groups (broad SMARTS) is 2. The van der Waals surface area contributed by atoms with Crippen LogP contribution in [0.15, 0.2) is 24.3 Å². The van der Waals surface area contributed by atoms with Crippen LogP contribution in [-0.4, -0.2) is 22.2 Å². The van der Waals surface area contributed by atoms with Gasteiger partial charge in [-0.15, -0.1) is 0 Å². The van der Waals surface area contributed by atoms with Crippen molar-refractivity contribution in [3.63, 3.8) is 0 Å². The number of carbonyl (C=O) groups is 2. The second kappa shape index (κ2) is 6.55. The number of rotatable bonds is 5. The summed E-state index contributed by atoms with van der Waals surface area (Å²) in [5.41, 5.74) is 2.28. The van der Waals surface area contributed by atoms with Gasteiger partial charge < -0.3 is 10.2 Å². The minimum atomic E-state index is -0.777. The van der Waals surface area contributed by atoms with Crippen molar-refractivity contribution in [2.75, 3.05) is 0 Å². The second-order valence-electron chi connectivity index (χ2n) is 5.52. The molecule has 20 heavy (non-hydrogen) atoms. The first-order chi connectivity index (χ1) is 9.56. The summed E-state index contributed by atoms with van der Waals surface area (Å²) in [5, 5.41) is 17.6. The Labute approximate surface area is 118 Å². The number of aryl methyl sites for hydroxylation is 1. The number of hydrogen-bond acceptors (Lipinski definition) is 2. The van der Waals surface area contributed by atoms with E-state index < -0.39 is 11.9 Å². The molecule has 1 aromatic carbocycles. The van der Waals surface area contributed by atoms with Crippen molar-refractivity contribution in [1.29, 1.82) is 0 Å². The number of benzene rings is 1. The predicted octanol–water partition coefficient (Wildman–Crippen LogP) is 3.06. The average molecular weight is 276 g/mol. The molecule has 0 bridgehead atoms. The molecule has 0 atom stereocenters. The zero-order valence-corrected chi connectivity index (χ0v) is 11.4. The molecule has 0 heterocycles. The molecular weight excluding hydrogens is 256 g/mol. The van der Waals surface area contributed by atoms with E-state index in [0.29, 0.717) is 12.3 Å². The molecule has 1 aliphatic carbocycles. The predicted molar refractivity (Wildman–Crippen MR) is 74.7 cm³/mol. The van der Waals surface area contributed by atoms with Crippen LogP contribution in [0.25, 0.3) is 0 Å². The first kappa shape index (κ1) is 14.6.